The van der Waals surface area contributed by atoms with Gasteiger partial charge in [-0.3, -0.25) is 0 Å². The Morgan fingerprint density at radius 2 is 1.24 bits per heavy atom. The van der Waals surface area contributed by atoms with E-state index in [0.717, 1.165) is 0 Å². The van der Waals surface area contributed by atoms with E-state index in [2.05, 4.69) is 109 Å². The molecule has 0 amide bonds. The summed E-state index contributed by atoms with van der Waals surface area (Å²) in [5.74, 6) is 0. The van der Waals surface area contributed by atoms with Gasteiger partial charge in [-0.05, 0) is 65.6 Å². The van der Waals surface area contributed by atoms with Crippen LogP contribution >= 0.6 is 15.9 Å². The van der Waals surface area contributed by atoms with Gasteiger partial charge in [-0.25, -0.2) is 0 Å². The molecule has 124 valence electrons. The third-order valence-electron chi connectivity index (χ3n) is 4.89. The first-order valence-corrected chi connectivity index (χ1v) is 9.46. The molecule has 4 aromatic rings. The number of halogens is 1. The van der Waals surface area contributed by atoms with E-state index in [1.807, 2.05) is 0 Å². The van der Waals surface area contributed by atoms with Gasteiger partial charge >= 0.3 is 0 Å². The lowest BCUT2D eigenvalue weighted by Crippen LogP contribution is -2.10. The highest BCUT2D eigenvalue weighted by Gasteiger charge is 2.18. The average Bonchev–Trinajstić information content (AvgIpc) is 2.62. The molecule has 0 aliphatic carbocycles. The second-order valence-electron chi connectivity index (χ2n) is 7.61. The SMILES string of the molecule is CC(C)(C)c1ccc2c(-c3ccccc3)c3ccccc3c(Br)c2c1. The fraction of sp³-hybridized carbons (Fsp3) is 0.167. The van der Waals surface area contributed by atoms with Crippen LogP contribution in [-0.4, -0.2) is 0 Å². The molecular formula is C24H21Br. The Morgan fingerprint density at radius 1 is 0.640 bits per heavy atom. The zero-order chi connectivity index (χ0) is 17.6. The third-order valence-corrected chi connectivity index (χ3v) is 5.74. The summed E-state index contributed by atoms with van der Waals surface area (Å²) in [6.07, 6.45) is 0. The Morgan fingerprint density at radius 3 is 1.92 bits per heavy atom. The summed E-state index contributed by atoms with van der Waals surface area (Å²) in [7, 11) is 0. The van der Waals surface area contributed by atoms with Crippen molar-refractivity contribution in [3.8, 4) is 11.1 Å². The highest BCUT2D eigenvalue weighted by molar-refractivity contribution is 9.10. The molecule has 0 radical (unpaired) electrons. The van der Waals surface area contributed by atoms with Gasteiger partial charge in [0, 0.05) is 4.47 Å². The van der Waals surface area contributed by atoms with Crippen molar-refractivity contribution in [2.45, 2.75) is 26.2 Å². The van der Waals surface area contributed by atoms with E-state index >= 15 is 0 Å². The Balaban J connectivity index is 2.19. The van der Waals surface area contributed by atoms with Crippen molar-refractivity contribution in [2.75, 3.05) is 0 Å². The van der Waals surface area contributed by atoms with Crippen molar-refractivity contribution in [2.24, 2.45) is 0 Å². The first-order chi connectivity index (χ1) is 12.0. The van der Waals surface area contributed by atoms with Gasteiger partial charge in [0.1, 0.15) is 0 Å². The van der Waals surface area contributed by atoms with Crippen molar-refractivity contribution >= 4 is 37.5 Å². The maximum absolute atomic E-state index is 3.89. The topological polar surface area (TPSA) is 0 Å². The smallest absolute Gasteiger partial charge is 0.0332 e. The number of hydrogen-bond acceptors (Lipinski definition) is 0. The number of hydrogen-bond donors (Lipinski definition) is 0. The average molecular weight is 389 g/mol. The summed E-state index contributed by atoms with van der Waals surface area (Å²) in [6, 6.07) is 26.3. The molecule has 1 heteroatoms. The Bertz CT molecular complexity index is 1070. The Hall–Kier alpha value is -2.12. The summed E-state index contributed by atoms with van der Waals surface area (Å²) in [4.78, 5) is 0. The number of rotatable bonds is 1. The van der Waals surface area contributed by atoms with Gasteiger partial charge in [-0.15, -0.1) is 0 Å². The minimum Gasteiger partial charge on any atom is -0.0622 e. The van der Waals surface area contributed by atoms with Crippen molar-refractivity contribution in [3.63, 3.8) is 0 Å². The lowest BCUT2D eigenvalue weighted by Gasteiger charge is -2.21. The van der Waals surface area contributed by atoms with E-state index in [1.165, 1.54) is 42.7 Å². The summed E-state index contributed by atoms with van der Waals surface area (Å²) in [6.45, 7) is 6.80. The number of fused-ring (bicyclic) bond motifs is 2. The first-order valence-electron chi connectivity index (χ1n) is 8.67. The molecule has 4 rings (SSSR count). The van der Waals surface area contributed by atoms with Crippen molar-refractivity contribution < 1.29 is 0 Å². The quantitative estimate of drug-likeness (QED) is 0.292. The first kappa shape index (κ1) is 16.4. The molecule has 0 saturated carbocycles. The van der Waals surface area contributed by atoms with Gasteiger partial charge < -0.3 is 0 Å². The molecule has 0 fully saturated rings. The van der Waals surface area contributed by atoms with Crippen LogP contribution in [0.2, 0.25) is 0 Å². The fourth-order valence-electron chi connectivity index (χ4n) is 3.51. The van der Waals surface area contributed by atoms with Gasteiger partial charge in [0.25, 0.3) is 0 Å². The summed E-state index contributed by atoms with van der Waals surface area (Å²) < 4.78 is 1.18. The van der Waals surface area contributed by atoms with Gasteiger partial charge in [-0.1, -0.05) is 87.5 Å². The van der Waals surface area contributed by atoms with E-state index in [4.69, 9.17) is 0 Å². The highest BCUT2D eigenvalue weighted by atomic mass is 79.9. The van der Waals surface area contributed by atoms with Crippen LogP contribution in [0.1, 0.15) is 26.3 Å². The van der Waals surface area contributed by atoms with Crippen molar-refractivity contribution in [3.05, 3.63) is 82.8 Å². The molecule has 0 spiro atoms. The van der Waals surface area contributed by atoms with Gasteiger partial charge in [0.15, 0.2) is 0 Å². The predicted molar refractivity (Wildman–Crippen MR) is 113 cm³/mol. The molecule has 0 aliphatic heterocycles. The summed E-state index contributed by atoms with van der Waals surface area (Å²) >= 11 is 3.89. The molecule has 4 aromatic carbocycles. The second kappa shape index (κ2) is 6.00. The minimum absolute atomic E-state index is 0.131. The molecule has 0 aliphatic rings. The Labute approximate surface area is 157 Å². The van der Waals surface area contributed by atoms with Crippen LogP contribution in [0, 0.1) is 0 Å². The normalized spacial score (nSPS) is 12.0. The standard InChI is InChI=1S/C24H21Br/c1-24(2,3)17-13-14-19-21(15-17)23(25)20-12-8-7-11-18(20)22(19)16-9-5-4-6-10-16/h4-15H,1-3H3. The minimum atomic E-state index is 0.131. The monoisotopic (exact) mass is 388 g/mol. The van der Waals surface area contributed by atoms with Crippen LogP contribution in [0.4, 0.5) is 0 Å². The lowest BCUT2D eigenvalue weighted by atomic mass is 9.84. The molecule has 0 nitrogen and oxygen atoms in total. The second-order valence-corrected chi connectivity index (χ2v) is 8.40. The molecule has 0 N–H and O–H groups in total. The van der Waals surface area contributed by atoms with Crippen LogP contribution in [0.5, 0.6) is 0 Å². The van der Waals surface area contributed by atoms with Gasteiger partial charge in [0.2, 0.25) is 0 Å². The molecule has 0 atom stereocenters. The van der Waals surface area contributed by atoms with E-state index in [0.29, 0.717) is 0 Å². The predicted octanol–water partition coefficient (Wildman–Crippen LogP) is 7.72. The van der Waals surface area contributed by atoms with Gasteiger partial charge in [0.05, 0.1) is 0 Å². The van der Waals surface area contributed by atoms with Gasteiger partial charge in [-0.2, -0.15) is 0 Å². The largest absolute Gasteiger partial charge is 0.0622 e. The van der Waals surface area contributed by atoms with Crippen molar-refractivity contribution in [1.29, 1.82) is 0 Å². The Kier molecular flexibility index (Phi) is 3.92. The van der Waals surface area contributed by atoms with Crippen LogP contribution in [0.15, 0.2) is 77.3 Å². The van der Waals surface area contributed by atoms with E-state index in [1.54, 1.807) is 0 Å². The zero-order valence-corrected chi connectivity index (χ0v) is 16.4. The van der Waals surface area contributed by atoms with Crippen LogP contribution in [0.3, 0.4) is 0 Å². The van der Waals surface area contributed by atoms with E-state index in [-0.39, 0.29) is 5.41 Å². The molecular weight excluding hydrogens is 368 g/mol. The molecule has 0 bridgehead atoms. The zero-order valence-electron chi connectivity index (χ0n) is 14.8. The van der Waals surface area contributed by atoms with Crippen LogP contribution in [-0.2, 0) is 5.41 Å². The van der Waals surface area contributed by atoms with E-state index in [9.17, 15) is 0 Å². The highest BCUT2D eigenvalue weighted by Crippen LogP contribution is 2.42. The van der Waals surface area contributed by atoms with Crippen molar-refractivity contribution in [1.82, 2.24) is 0 Å². The number of benzene rings is 4. The third kappa shape index (κ3) is 2.77. The maximum Gasteiger partial charge on any atom is 0.0332 e. The molecule has 0 aromatic heterocycles. The molecule has 25 heavy (non-hydrogen) atoms. The van der Waals surface area contributed by atoms with Crippen LogP contribution in [0.25, 0.3) is 32.7 Å². The molecule has 0 saturated heterocycles. The summed E-state index contributed by atoms with van der Waals surface area (Å²) in [5, 5.41) is 5.13. The fourth-order valence-corrected chi connectivity index (χ4v) is 4.18. The summed E-state index contributed by atoms with van der Waals surface area (Å²) in [5.41, 5.74) is 4.07. The molecule has 0 unspecified atom stereocenters. The lowest BCUT2D eigenvalue weighted by molar-refractivity contribution is 0.591. The van der Waals surface area contributed by atoms with E-state index < -0.39 is 0 Å². The maximum atomic E-state index is 3.89. The molecule has 0 heterocycles. The van der Waals surface area contributed by atoms with Crippen LogP contribution < -0.4 is 0 Å².